The molecule has 4 rings (SSSR count). The van der Waals surface area contributed by atoms with Gasteiger partial charge in [0.2, 0.25) is 0 Å². The van der Waals surface area contributed by atoms with Crippen molar-refractivity contribution in [2.24, 2.45) is 5.92 Å². The third kappa shape index (κ3) is 1.52. The second kappa shape index (κ2) is 3.84. The molecule has 2 aromatic rings. The number of halogens is 2. The number of benzene rings is 1. The Morgan fingerprint density at radius 3 is 3.16 bits per heavy atom. The van der Waals surface area contributed by atoms with Crippen molar-refractivity contribution >= 4 is 28.1 Å². The van der Waals surface area contributed by atoms with Crippen molar-refractivity contribution in [2.45, 2.75) is 19.5 Å². The lowest BCUT2D eigenvalue weighted by atomic mass is 9.87. The first-order valence-corrected chi connectivity index (χ1v) is 6.95. The molecular formula is C15H14ClFN2. The van der Waals surface area contributed by atoms with Crippen molar-refractivity contribution in [3.8, 4) is 0 Å². The molecule has 0 amide bonds. The number of nitrogens with zero attached hydrogens (tertiary/aromatic N) is 1. The average Bonchev–Trinajstić information content (AvgIpc) is 2.81. The van der Waals surface area contributed by atoms with E-state index >= 15 is 0 Å². The van der Waals surface area contributed by atoms with E-state index in [1.54, 1.807) is 6.07 Å². The highest BCUT2D eigenvalue weighted by atomic mass is 35.5. The second-order valence-corrected chi connectivity index (χ2v) is 5.92. The Hall–Kier alpha value is -1.32. The lowest BCUT2D eigenvalue weighted by Crippen LogP contribution is -2.42. The summed E-state index contributed by atoms with van der Waals surface area (Å²) in [6, 6.07) is 3.90. The van der Waals surface area contributed by atoms with Gasteiger partial charge in [-0.25, -0.2) is 4.39 Å². The molecule has 1 aromatic carbocycles. The van der Waals surface area contributed by atoms with Gasteiger partial charge in [-0.15, -0.1) is 0 Å². The molecular weight excluding hydrogens is 263 g/mol. The molecule has 0 saturated carbocycles. The highest BCUT2D eigenvalue weighted by molar-refractivity contribution is 6.32. The minimum Gasteiger partial charge on any atom is -0.345 e. The van der Waals surface area contributed by atoms with Crippen LogP contribution in [0.5, 0.6) is 0 Å². The van der Waals surface area contributed by atoms with Gasteiger partial charge in [0.1, 0.15) is 0 Å². The summed E-state index contributed by atoms with van der Waals surface area (Å²) in [7, 11) is 0. The molecule has 4 heteroatoms. The molecule has 2 atom stereocenters. The first-order chi connectivity index (χ1) is 9.15. The van der Waals surface area contributed by atoms with E-state index < -0.39 is 0 Å². The van der Waals surface area contributed by atoms with Gasteiger partial charge in [0.05, 0.1) is 16.6 Å². The van der Waals surface area contributed by atoms with Gasteiger partial charge in [0.15, 0.2) is 5.82 Å². The van der Waals surface area contributed by atoms with Crippen molar-refractivity contribution in [2.75, 3.05) is 6.54 Å². The zero-order valence-corrected chi connectivity index (χ0v) is 11.3. The minimum atomic E-state index is -0.310. The van der Waals surface area contributed by atoms with Crippen LogP contribution in [0.1, 0.15) is 12.5 Å². The van der Waals surface area contributed by atoms with Crippen LogP contribution in [0.2, 0.25) is 5.02 Å². The van der Waals surface area contributed by atoms with Crippen LogP contribution in [-0.2, 0) is 6.54 Å². The van der Waals surface area contributed by atoms with Crippen molar-refractivity contribution in [1.29, 1.82) is 0 Å². The van der Waals surface area contributed by atoms with Gasteiger partial charge in [0.25, 0.3) is 0 Å². The molecule has 1 N–H and O–H groups in total. The molecule has 2 aliphatic heterocycles. The Balaban J connectivity index is 2.08. The molecule has 0 spiro atoms. The Labute approximate surface area is 115 Å². The lowest BCUT2D eigenvalue weighted by molar-refractivity contribution is 0.472. The lowest BCUT2D eigenvalue weighted by Gasteiger charge is -2.34. The van der Waals surface area contributed by atoms with Crippen LogP contribution in [0, 0.1) is 11.7 Å². The third-order valence-corrected chi connectivity index (χ3v) is 4.43. The summed E-state index contributed by atoms with van der Waals surface area (Å²) in [5.41, 5.74) is 3.30. The van der Waals surface area contributed by atoms with Crippen LogP contribution >= 0.6 is 11.6 Å². The fourth-order valence-electron chi connectivity index (χ4n) is 3.27. The quantitative estimate of drug-likeness (QED) is 0.780. The van der Waals surface area contributed by atoms with E-state index in [-0.39, 0.29) is 10.8 Å². The van der Waals surface area contributed by atoms with Gasteiger partial charge < -0.3 is 9.88 Å². The van der Waals surface area contributed by atoms with E-state index in [0.29, 0.717) is 17.3 Å². The first kappa shape index (κ1) is 11.5. The van der Waals surface area contributed by atoms with Gasteiger partial charge in [-0.2, -0.15) is 0 Å². The number of hydrogen-bond acceptors (Lipinski definition) is 1. The molecule has 0 bridgehead atoms. The highest BCUT2D eigenvalue weighted by Crippen LogP contribution is 2.39. The van der Waals surface area contributed by atoms with E-state index in [0.717, 1.165) is 24.2 Å². The van der Waals surface area contributed by atoms with E-state index in [1.165, 1.54) is 5.57 Å². The molecule has 2 nitrogen and oxygen atoms in total. The molecule has 1 aromatic heterocycles. The van der Waals surface area contributed by atoms with Gasteiger partial charge in [-0.3, -0.25) is 0 Å². The number of aromatic nitrogens is 1. The predicted molar refractivity (Wildman–Crippen MR) is 75.8 cm³/mol. The normalized spacial score (nSPS) is 25.3. The van der Waals surface area contributed by atoms with Crippen LogP contribution in [0.15, 0.2) is 24.4 Å². The van der Waals surface area contributed by atoms with Crippen molar-refractivity contribution in [3.05, 3.63) is 40.8 Å². The van der Waals surface area contributed by atoms with Gasteiger partial charge in [-0.05, 0) is 23.6 Å². The maximum atomic E-state index is 14.1. The maximum absolute atomic E-state index is 14.1. The van der Waals surface area contributed by atoms with Gasteiger partial charge in [-0.1, -0.05) is 24.6 Å². The summed E-state index contributed by atoms with van der Waals surface area (Å²) in [5, 5.41) is 4.39. The molecule has 0 aliphatic carbocycles. The SMILES string of the molecule is C[C@@H]1C=C2c3cc(Cl)c(F)c4ccn(c34)CC2NC1. The van der Waals surface area contributed by atoms with E-state index in [2.05, 4.69) is 22.9 Å². The summed E-state index contributed by atoms with van der Waals surface area (Å²) in [5.74, 6) is 0.182. The summed E-state index contributed by atoms with van der Waals surface area (Å²) in [6.07, 6.45) is 4.24. The first-order valence-electron chi connectivity index (χ1n) is 6.57. The summed E-state index contributed by atoms with van der Waals surface area (Å²) in [6.45, 7) is 4.03. The zero-order valence-electron chi connectivity index (χ0n) is 10.6. The molecule has 0 saturated heterocycles. The van der Waals surface area contributed by atoms with Crippen molar-refractivity contribution < 1.29 is 4.39 Å². The topological polar surface area (TPSA) is 17.0 Å². The number of rotatable bonds is 0. The molecule has 1 unspecified atom stereocenters. The third-order valence-electron chi connectivity index (χ3n) is 4.15. The van der Waals surface area contributed by atoms with Crippen LogP contribution in [-0.4, -0.2) is 17.2 Å². The van der Waals surface area contributed by atoms with Gasteiger partial charge in [0, 0.05) is 30.2 Å². The Morgan fingerprint density at radius 1 is 1.47 bits per heavy atom. The summed E-state index contributed by atoms with van der Waals surface area (Å²) < 4.78 is 16.2. The largest absolute Gasteiger partial charge is 0.345 e. The minimum absolute atomic E-state index is 0.208. The summed E-state index contributed by atoms with van der Waals surface area (Å²) >= 11 is 6.04. The number of fused-ring (bicyclic) bond motifs is 2. The standard InChI is InChI=1S/C15H14ClFN2/c1-8-4-10-11-5-12(16)14(17)9-2-3-19(15(9)11)7-13(10)18-6-8/h2-5,8,13,18H,6-7H2,1H3/t8-,13?/m1/s1. The number of hydrogen-bond donors (Lipinski definition) is 1. The van der Waals surface area contributed by atoms with E-state index in [4.69, 9.17) is 11.6 Å². The zero-order chi connectivity index (χ0) is 13.1. The fourth-order valence-corrected chi connectivity index (χ4v) is 3.48. The average molecular weight is 277 g/mol. The second-order valence-electron chi connectivity index (χ2n) is 5.51. The predicted octanol–water partition coefficient (Wildman–Crippen LogP) is 3.44. The molecule has 0 radical (unpaired) electrons. The molecule has 19 heavy (non-hydrogen) atoms. The highest BCUT2D eigenvalue weighted by Gasteiger charge is 2.30. The maximum Gasteiger partial charge on any atom is 0.151 e. The Bertz CT molecular complexity index is 716. The molecule has 3 heterocycles. The Morgan fingerprint density at radius 2 is 2.32 bits per heavy atom. The molecule has 2 aliphatic rings. The van der Waals surface area contributed by atoms with Crippen LogP contribution in [0.25, 0.3) is 16.5 Å². The van der Waals surface area contributed by atoms with Crippen LogP contribution in [0.4, 0.5) is 4.39 Å². The summed E-state index contributed by atoms with van der Waals surface area (Å²) in [4.78, 5) is 0. The van der Waals surface area contributed by atoms with E-state index in [9.17, 15) is 4.39 Å². The van der Waals surface area contributed by atoms with Crippen molar-refractivity contribution in [1.82, 2.24) is 9.88 Å². The van der Waals surface area contributed by atoms with Crippen LogP contribution in [0.3, 0.4) is 0 Å². The smallest absolute Gasteiger partial charge is 0.151 e. The van der Waals surface area contributed by atoms with E-state index in [1.807, 2.05) is 12.3 Å². The molecule has 0 fully saturated rings. The number of nitrogens with one attached hydrogen (secondary N) is 1. The fraction of sp³-hybridized carbons (Fsp3) is 0.333. The Kier molecular flexibility index (Phi) is 2.32. The van der Waals surface area contributed by atoms with Gasteiger partial charge >= 0.3 is 0 Å². The molecule has 98 valence electrons. The van der Waals surface area contributed by atoms with Crippen molar-refractivity contribution in [3.63, 3.8) is 0 Å². The van der Waals surface area contributed by atoms with Crippen LogP contribution < -0.4 is 5.32 Å². The monoisotopic (exact) mass is 276 g/mol.